The van der Waals surface area contributed by atoms with Crippen LogP contribution in [0.5, 0.6) is 0 Å². The van der Waals surface area contributed by atoms with E-state index in [0.717, 1.165) is 6.42 Å². The van der Waals surface area contributed by atoms with Crippen LogP contribution in [0.4, 0.5) is 0 Å². The number of hydrogen-bond donors (Lipinski definition) is 0. The van der Waals surface area contributed by atoms with Crippen LogP contribution < -0.4 is 0 Å². The molecule has 0 amide bonds. The van der Waals surface area contributed by atoms with Gasteiger partial charge < -0.3 is 0 Å². The quantitative estimate of drug-likeness (QED) is 0.486. The minimum absolute atomic E-state index is 0.0129. The lowest BCUT2D eigenvalue weighted by Gasteiger charge is -2.26. The van der Waals surface area contributed by atoms with Gasteiger partial charge in [0.2, 0.25) is 5.24 Å². The van der Waals surface area contributed by atoms with Crippen molar-refractivity contribution in [3.8, 4) is 0 Å². The molecule has 2 unspecified atom stereocenters. The van der Waals surface area contributed by atoms with E-state index in [1.54, 1.807) is 0 Å². The van der Waals surface area contributed by atoms with E-state index in [0.29, 0.717) is 12.8 Å². The average Bonchev–Trinajstić information content (AvgIpc) is 1.85. The van der Waals surface area contributed by atoms with Gasteiger partial charge in [-0.05, 0) is 30.9 Å². The lowest BCUT2D eigenvalue weighted by molar-refractivity contribution is -0.115. The second kappa shape index (κ2) is 3.97. The van der Waals surface area contributed by atoms with Gasteiger partial charge in [0, 0.05) is 16.7 Å². The van der Waals surface area contributed by atoms with E-state index in [1.807, 2.05) is 0 Å². The van der Waals surface area contributed by atoms with Gasteiger partial charge in [0.25, 0.3) is 0 Å². The first-order valence-corrected chi connectivity index (χ1v) is 4.82. The first-order valence-electron chi connectivity index (χ1n) is 3.57. The van der Waals surface area contributed by atoms with Gasteiger partial charge in [-0.25, -0.2) is 0 Å². The van der Waals surface area contributed by atoms with Gasteiger partial charge in [0.1, 0.15) is 0 Å². The van der Waals surface area contributed by atoms with Crippen molar-refractivity contribution in [3.63, 3.8) is 0 Å². The number of hydrogen-bond acceptors (Lipinski definition) is 1. The molecule has 0 bridgehead atoms. The molecule has 1 aliphatic carbocycles. The van der Waals surface area contributed by atoms with E-state index in [9.17, 15) is 4.79 Å². The van der Waals surface area contributed by atoms with Crippen molar-refractivity contribution in [2.24, 2.45) is 5.92 Å². The van der Waals surface area contributed by atoms with Crippen LogP contribution in [0.15, 0.2) is 0 Å². The topological polar surface area (TPSA) is 17.1 Å². The molecule has 1 rings (SSSR count). The van der Waals surface area contributed by atoms with Gasteiger partial charge >= 0.3 is 0 Å². The third-order valence-electron chi connectivity index (χ3n) is 1.91. The number of rotatable bonds is 1. The maximum absolute atomic E-state index is 10.7. The summed E-state index contributed by atoms with van der Waals surface area (Å²) in [5.41, 5.74) is 0. The van der Waals surface area contributed by atoms with E-state index in [-0.39, 0.29) is 21.9 Å². The predicted molar refractivity (Wildman–Crippen MR) is 47.5 cm³/mol. The van der Waals surface area contributed by atoms with Crippen LogP contribution in [0.3, 0.4) is 0 Å². The molecule has 1 aliphatic rings. The molecule has 0 aliphatic heterocycles. The Morgan fingerprint density at radius 3 is 1.91 bits per heavy atom. The van der Waals surface area contributed by atoms with Crippen molar-refractivity contribution in [3.05, 3.63) is 0 Å². The summed E-state index contributed by atoms with van der Waals surface area (Å²) in [7, 11) is 0. The predicted octanol–water partition coefficient (Wildman–Crippen LogP) is 2.77. The Morgan fingerprint density at radius 1 is 1.09 bits per heavy atom. The van der Waals surface area contributed by atoms with Crippen LogP contribution in [0.2, 0.25) is 0 Å². The minimum atomic E-state index is -0.305. The normalized spacial score (nSPS) is 38.6. The van der Waals surface area contributed by atoms with Gasteiger partial charge in [-0.1, -0.05) is 0 Å². The van der Waals surface area contributed by atoms with Crippen LogP contribution in [-0.4, -0.2) is 16.0 Å². The first kappa shape index (κ1) is 9.63. The highest BCUT2D eigenvalue weighted by Gasteiger charge is 2.29. The number of carbonyl (C=O) groups excluding carboxylic acids is 1. The van der Waals surface area contributed by atoms with Gasteiger partial charge in [-0.3, -0.25) is 4.79 Å². The smallest absolute Gasteiger partial charge is 0.224 e. The third-order valence-corrected chi connectivity index (χ3v) is 2.93. The highest BCUT2D eigenvalue weighted by atomic mass is 35.5. The fourth-order valence-corrected chi connectivity index (χ4v) is 2.50. The van der Waals surface area contributed by atoms with Crippen LogP contribution in [-0.2, 0) is 4.79 Å². The summed E-state index contributed by atoms with van der Waals surface area (Å²) < 4.78 is 0. The maximum atomic E-state index is 10.7. The van der Waals surface area contributed by atoms with Gasteiger partial charge in [-0.15, -0.1) is 23.2 Å². The molecule has 0 aromatic rings. The summed E-state index contributed by atoms with van der Waals surface area (Å²) >= 11 is 17.0. The molecule has 0 radical (unpaired) electrons. The van der Waals surface area contributed by atoms with Crippen molar-refractivity contribution in [1.29, 1.82) is 0 Å². The largest absolute Gasteiger partial charge is 0.281 e. The molecule has 2 atom stereocenters. The minimum Gasteiger partial charge on any atom is -0.281 e. The average molecular weight is 216 g/mol. The van der Waals surface area contributed by atoms with E-state index in [2.05, 4.69) is 0 Å². The zero-order valence-corrected chi connectivity index (χ0v) is 8.16. The van der Waals surface area contributed by atoms with Crippen molar-refractivity contribution in [1.82, 2.24) is 0 Å². The Balaban J connectivity index is 2.49. The van der Waals surface area contributed by atoms with Crippen LogP contribution in [0.1, 0.15) is 19.3 Å². The Bertz CT molecular complexity index is 150. The fourth-order valence-electron chi connectivity index (χ4n) is 1.37. The lowest BCUT2D eigenvalue weighted by Crippen LogP contribution is -2.26. The van der Waals surface area contributed by atoms with Crippen molar-refractivity contribution < 1.29 is 4.79 Å². The van der Waals surface area contributed by atoms with Crippen molar-refractivity contribution in [2.45, 2.75) is 30.0 Å². The van der Waals surface area contributed by atoms with Crippen LogP contribution in [0.25, 0.3) is 0 Å². The second-order valence-corrected chi connectivity index (χ2v) is 4.51. The molecule has 1 saturated carbocycles. The summed E-state index contributed by atoms with van der Waals surface area (Å²) in [6.07, 6.45) is 2.13. The SMILES string of the molecule is O=C(Cl)C1CC(Cl)CC(Cl)C1. The third kappa shape index (κ3) is 2.81. The zero-order valence-electron chi connectivity index (χ0n) is 5.90. The standard InChI is InChI=1S/C7H9Cl3O/c8-5-1-4(7(10)11)2-6(9)3-5/h4-6H,1-3H2. The van der Waals surface area contributed by atoms with E-state index >= 15 is 0 Å². The molecule has 0 spiro atoms. The number of alkyl halides is 2. The molecule has 0 aromatic carbocycles. The van der Waals surface area contributed by atoms with Crippen molar-refractivity contribution in [2.75, 3.05) is 0 Å². The maximum Gasteiger partial charge on any atom is 0.224 e. The first-order chi connectivity index (χ1) is 5.09. The Kier molecular flexibility index (Phi) is 3.48. The zero-order chi connectivity index (χ0) is 8.43. The van der Waals surface area contributed by atoms with Crippen LogP contribution in [0, 0.1) is 5.92 Å². The Morgan fingerprint density at radius 2 is 1.55 bits per heavy atom. The van der Waals surface area contributed by atoms with E-state index in [1.165, 1.54) is 0 Å². The number of carbonyl (C=O) groups is 1. The molecule has 0 aromatic heterocycles. The van der Waals surface area contributed by atoms with E-state index in [4.69, 9.17) is 34.8 Å². The fraction of sp³-hybridized carbons (Fsp3) is 0.857. The highest BCUT2D eigenvalue weighted by Crippen LogP contribution is 2.32. The van der Waals surface area contributed by atoms with Crippen molar-refractivity contribution >= 4 is 40.0 Å². The lowest BCUT2D eigenvalue weighted by atomic mass is 9.89. The molecule has 64 valence electrons. The molecule has 0 saturated heterocycles. The molecular weight excluding hydrogens is 206 g/mol. The van der Waals surface area contributed by atoms with Gasteiger partial charge in [-0.2, -0.15) is 0 Å². The van der Waals surface area contributed by atoms with Gasteiger partial charge in [0.15, 0.2) is 0 Å². The summed E-state index contributed by atoms with van der Waals surface area (Å²) in [4.78, 5) is 10.7. The highest BCUT2D eigenvalue weighted by molar-refractivity contribution is 6.64. The Hall–Kier alpha value is 0.540. The summed E-state index contributed by atoms with van der Waals surface area (Å²) in [6, 6.07) is 0. The molecule has 4 heteroatoms. The summed E-state index contributed by atoms with van der Waals surface area (Å²) in [5, 5.41) is -0.279. The number of halogens is 3. The molecular formula is C7H9Cl3O. The van der Waals surface area contributed by atoms with Crippen LogP contribution >= 0.6 is 34.8 Å². The Labute approximate surface area is 81.0 Å². The molecule has 11 heavy (non-hydrogen) atoms. The summed E-state index contributed by atoms with van der Waals surface area (Å²) in [5.74, 6) is -0.129. The molecule has 1 fully saturated rings. The molecule has 0 heterocycles. The molecule has 1 nitrogen and oxygen atoms in total. The monoisotopic (exact) mass is 214 g/mol. The van der Waals surface area contributed by atoms with Gasteiger partial charge in [0.05, 0.1) is 0 Å². The summed E-state index contributed by atoms with van der Waals surface area (Å²) in [6.45, 7) is 0. The molecule has 0 N–H and O–H groups in total. The van der Waals surface area contributed by atoms with E-state index < -0.39 is 0 Å². The second-order valence-electron chi connectivity index (χ2n) is 2.90.